The highest BCUT2D eigenvalue weighted by atomic mass is 32.2. The molecule has 0 atom stereocenters. The number of hydrogen-bond donors (Lipinski definition) is 1. The fraction of sp³-hybridized carbons (Fsp3) is 0. The lowest BCUT2D eigenvalue weighted by atomic mass is 10.2. The number of aromatic hydroxyl groups is 1. The second-order valence-corrected chi connectivity index (χ2v) is 5.30. The van der Waals surface area contributed by atoms with E-state index in [1.165, 1.54) is 11.8 Å². The first-order valence-electron chi connectivity index (χ1n) is 6.03. The summed E-state index contributed by atoms with van der Waals surface area (Å²) in [5.74, 6) is 0.223. The molecule has 1 aromatic heterocycles. The molecule has 96 valence electrons. The van der Waals surface area contributed by atoms with Gasteiger partial charge >= 0.3 is 0 Å². The van der Waals surface area contributed by atoms with E-state index in [1.807, 2.05) is 30.3 Å². The summed E-state index contributed by atoms with van der Waals surface area (Å²) in [6.45, 7) is 0. The quantitative estimate of drug-likeness (QED) is 0.770. The molecule has 0 saturated heterocycles. The molecule has 4 heteroatoms. The zero-order chi connectivity index (χ0) is 13.9. The molecule has 0 aliphatic rings. The molecular formula is C16H10N2OS. The van der Waals surface area contributed by atoms with Crippen LogP contribution in [0.5, 0.6) is 5.75 Å². The maximum absolute atomic E-state index is 9.29. The van der Waals surface area contributed by atoms with Crippen molar-refractivity contribution in [3.63, 3.8) is 0 Å². The summed E-state index contributed by atoms with van der Waals surface area (Å²) in [6, 6.07) is 18.6. The van der Waals surface area contributed by atoms with Crippen LogP contribution in [0.1, 0.15) is 5.56 Å². The van der Waals surface area contributed by atoms with Crippen LogP contribution in [0.2, 0.25) is 0 Å². The van der Waals surface area contributed by atoms with Crippen LogP contribution in [0.3, 0.4) is 0 Å². The Morgan fingerprint density at radius 2 is 1.80 bits per heavy atom. The standard InChI is InChI=1S/C16H10N2OS/c17-10-12-9-11-3-1-2-4-15(11)18-16(12)20-14-7-5-13(19)6-8-14/h1-9,19H. The van der Waals surface area contributed by atoms with Gasteiger partial charge in [0.15, 0.2) is 0 Å². The molecule has 0 aliphatic carbocycles. The fourth-order valence-electron chi connectivity index (χ4n) is 1.88. The van der Waals surface area contributed by atoms with Crippen LogP contribution in [0.4, 0.5) is 0 Å². The van der Waals surface area contributed by atoms with E-state index in [-0.39, 0.29) is 5.75 Å². The van der Waals surface area contributed by atoms with Crippen molar-refractivity contribution >= 4 is 22.7 Å². The smallest absolute Gasteiger partial charge is 0.119 e. The number of phenols is 1. The Morgan fingerprint density at radius 1 is 1.05 bits per heavy atom. The highest BCUT2D eigenvalue weighted by Gasteiger charge is 2.08. The second kappa shape index (κ2) is 5.24. The predicted octanol–water partition coefficient (Wildman–Crippen LogP) is 3.96. The van der Waals surface area contributed by atoms with Crippen LogP contribution in [-0.4, -0.2) is 10.1 Å². The Hall–Kier alpha value is -2.51. The van der Waals surface area contributed by atoms with Crippen molar-refractivity contribution in [2.24, 2.45) is 0 Å². The molecule has 3 nitrogen and oxygen atoms in total. The first-order valence-corrected chi connectivity index (χ1v) is 6.85. The minimum atomic E-state index is 0.223. The summed E-state index contributed by atoms with van der Waals surface area (Å²) in [7, 11) is 0. The summed E-state index contributed by atoms with van der Waals surface area (Å²) >= 11 is 1.42. The minimum Gasteiger partial charge on any atom is -0.508 e. The maximum atomic E-state index is 9.29. The Labute approximate surface area is 120 Å². The van der Waals surface area contributed by atoms with Crippen LogP contribution in [0.25, 0.3) is 10.9 Å². The number of nitrogens with zero attached hydrogens (tertiary/aromatic N) is 2. The lowest BCUT2D eigenvalue weighted by molar-refractivity contribution is 0.475. The lowest BCUT2D eigenvalue weighted by Crippen LogP contribution is -1.88. The van der Waals surface area contributed by atoms with Gasteiger partial charge < -0.3 is 5.11 Å². The zero-order valence-electron chi connectivity index (χ0n) is 10.4. The third kappa shape index (κ3) is 2.44. The van der Waals surface area contributed by atoms with Gasteiger partial charge in [0.2, 0.25) is 0 Å². The average molecular weight is 278 g/mol. The minimum absolute atomic E-state index is 0.223. The molecule has 0 spiro atoms. The summed E-state index contributed by atoms with van der Waals surface area (Å²) in [4.78, 5) is 5.47. The van der Waals surface area contributed by atoms with Gasteiger partial charge in [0.25, 0.3) is 0 Å². The van der Waals surface area contributed by atoms with Crippen molar-refractivity contribution in [1.29, 1.82) is 5.26 Å². The van der Waals surface area contributed by atoms with Crippen LogP contribution in [0.15, 0.2) is 64.5 Å². The normalized spacial score (nSPS) is 10.3. The van der Waals surface area contributed by atoms with E-state index in [0.717, 1.165) is 15.8 Å². The van der Waals surface area contributed by atoms with Gasteiger partial charge in [0.1, 0.15) is 16.8 Å². The molecule has 20 heavy (non-hydrogen) atoms. The van der Waals surface area contributed by atoms with Gasteiger partial charge in [-0.2, -0.15) is 5.26 Å². The van der Waals surface area contributed by atoms with Gasteiger partial charge in [0, 0.05) is 10.3 Å². The number of rotatable bonds is 2. The van der Waals surface area contributed by atoms with E-state index in [2.05, 4.69) is 11.1 Å². The van der Waals surface area contributed by atoms with Crippen molar-refractivity contribution in [1.82, 2.24) is 4.98 Å². The molecule has 0 aliphatic heterocycles. The van der Waals surface area contributed by atoms with Crippen molar-refractivity contribution in [3.8, 4) is 11.8 Å². The summed E-state index contributed by atoms with van der Waals surface area (Å²) in [5, 5.41) is 20.2. The molecule has 0 fully saturated rings. The molecule has 1 N–H and O–H groups in total. The predicted molar refractivity (Wildman–Crippen MR) is 78.7 cm³/mol. The third-order valence-electron chi connectivity index (χ3n) is 2.86. The van der Waals surface area contributed by atoms with Gasteiger partial charge in [-0.05, 0) is 36.4 Å². The molecular weight excluding hydrogens is 268 g/mol. The molecule has 0 saturated carbocycles. The number of fused-ring (bicyclic) bond motifs is 1. The van der Waals surface area contributed by atoms with Crippen LogP contribution < -0.4 is 0 Å². The topological polar surface area (TPSA) is 56.9 Å². The van der Waals surface area contributed by atoms with E-state index < -0.39 is 0 Å². The molecule has 1 heterocycles. The van der Waals surface area contributed by atoms with Crippen molar-refractivity contribution in [2.75, 3.05) is 0 Å². The van der Waals surface area contributed by atoms with Gasteiger partial charge in [-0.25, -0.2) is 4.98 Å². The van der Waals surface area contributed by atoms with Crippen LogP contribution in [-0.2, 0) is 0 Å². The van der Waals surface area contributed by atoms with Crippen LogP contribution >= 0.6 is 11.8 Å². The number of phenolic OH excluding ortho intramolecular Hbond substituents is 1. The second-order valence-electron chi connectivity index (χ2n) is 4.24. The van der Waals surface area contributed by atoms with Crippen molar-refractivity contribution in [3.05, 3.63) is 60.2 Å². The van der Waals surface area contributed by atoms with E-state index >= 15 is 0 Å². The molecule has 0 unspecified atom stereocenters. The van der Waals surface area contributed by atoms with Crippen molar-refractivity contribution in [2.45, 2.75) is 9.92 Å². The van der Waals surface area contributed by atoms with Gasteiger partial charge in [-0.1, -0.05) is 30.0 Å². The molecule has 0 radical (unpaired) electrons. The van der Waals surface area contributed by atoms with Gasteiger partial charge in [-0.15, -0.1) is 0 Å². The largest absolute Gasteiger partial charge is 0.508 e. The summed E-state index contributed by atoms with van der Waals surface area (Å²) in [5.41, 5.74) is 1.43. The number of para-hydroxylation sites is 1. The van der Waals surface area contributed by atoms with Crippen molar-refractivity contribution < 1.29 is 5.11 Å². The molecule has 0 bridgehead atoms. The van der Waals surface area contributed by atoms with Gasteiger partial charge in [0.05, 0.1) is 11.1 Å². The monoisotopic (exact) mass is 278 g/mol. The SMILES string of the molecule is N#Cc1cc2ccccc2nc1Sc1ccc(O)cc1. The summed E-state index contributed by atoms with van der Waals surface area (Å²) in [6.07, 6.45) is 0. The lowest BCUT2D eigenvalue weighted by Gasteiger charge is -2.05. The number of nitriles is 1. The molecule has 0 amide bonds. The fourth-order valence-corrected chi connectivity index (χ4v) is 2.74. The van der Waals surface area contributed by atoms with Crippen LogP contribution in [0, 0.1) is 11.3 Å². The Bertz CT molecular complexity index is 807. The number of aromatic nitrogens is 1. The summed E-state index contributed by atoms with van der Waals surface area (Å²) < 4.78 is 0. The third-order valence-corrected chi connectivity index (χ3v) is 3.87. The zero-order valence-corrected chi connectivity index (χ0v) is 11.3. The molecule has 3 aromatic rings. The molecule has 3 rings (SSSR count). The molecule has 2 aromatic carbocycles. The highest BCUT2D eigenvalue weighted by molar-refractivity contribution is 7.99. The first kappa shape index (κ1) is 12.5. The number of hydrogen-bond acceptors (Lipinski definition) is 4. The average Bonchev–Trinajstić information content (AvgIpc) is 2.49. The van der Waals surface area contributed by atoms with E-state index in [9.17, 15) is 10.4 Å². The van der Waals surface area contributed by atoms with Gasteiger partial charge in [-0.3, -0.25) is 0 Å². The maximum Gasteiger partial charge on any atom is 0.119 e. The van der Waals surface area contributed by atoms with E-state index in [0.29, 0.717) is 10.6 Å². The first-order chi connectivity index (χ1) is 9.76. The number of benzene rings is 2. The van der Waals surface area contributed by atoms with E-state index in [4.69, 9.17) is 0 Å². The van der Waals surface area contributed by atoms with E-state index in [1.54, 1.807) is 24.3 Å². The Kier molecular flexibility index (Phi) is 3.28. The Balaban J connectivity index is 2.06. The highest BCUT2D eigenvalue weighted by Crippen LogP contribution is 2.31. The Morgan fingerprint density at radius 3 is 2.55 bits per heavy atom. The number of pyridine rings is 1.